The fourth-order valence-corrected chi connectivity index (χ4v) is 2.96. The average Bonchev–Trinajstić information content (AvgIpc) is 2.90. The molecule has 2 aromatic rings. The monoisotopic (exact) mass is 330 g/mol. The molecule has 0 atom stereocenters. The van der Waals surface area contributed by atoms with Gasteiger partial charge in [-0.05, 0) is 25.0 Å². The number of anilines is 2. The summed E-state index contributed by atoms with van der Waals surface area (Å²) in [7, 11) is 0. The summed E-state index contributed by atoms with van der Waals surface area (Å²) < 4.78 is 0. The summed E-state index contributed by atoms with van der Waals surface area (Å²) in [5, 5.41) is 9.59. The van der Waals surface area contributed by atoms with Crippen LogP contribution in [0.3, 0.4) is 0 Å². The van der Waals surface area contributed by atoms with E-state index in [-0.39, 0.29) is 11.9 Å². The van der Waals surface area contributed by atoms with Gasteiger partial charge in [0.25, 0.3) is 0 Å². The molecule has 7 nitrogen and oxygen atoms in total. The molecule has 8 heteroatoms. The van der Waals surface area contributed by atoms with Crippen molar-refractivity contribution in [2.24, 2.45) is 21.7 Å². The highest BCUT2D eigenvalue weighted by Gasteiger charge is 2.21. The highest BCUT2D eigenvalue weighted by Crippen LogP contribution is 2.33. The molecule has 0 radical (unpaired) electrons. The molecule has 1 aromatic heterocycles. The Morgan fingerprint density at radius 3 is 2.52 bits per heavy atom. The average molecular weight is 330 g/mol. The van der Waals surface area contributed by atoms with Gasteiger partial charge in [0.15, 0.2) is 5.13 Å². The number of nitrogens with two attached hydrogens (primary N) is 2. The first-order chi connectivity index (χ1) is 10.9. The Balaban J connectivity index is 2.41. The fraction of sp³-hybridized carbons (Fsp3) is 0.200. The van der Waals surface area contributed by atoms with Gasteiger partial charge >= 0.3 is 0 Å². The SMILES string of the molecule is CC(=O)N(c1nc(/C=N\N=C(N)N)cs1)c1c(C)cccc1C. The Bertz CT molecular complexity index is 756. The van der Waals surface area contributed by atoms with Crippen LogP contribution in [0.1, 0.15) is 23.7 Å². The second kappa shape index (κ2) is 7.01. The number of aromatic nitrogens is 1. The summed E-state index contributed by atoms with van der Waals surface area (Å²) >= 11 is 1.35. The van der Waals surface area contributed by atoms with E-state index in [0.717, 1.165) is 16.8 Å². The first-order valence-corrected chi connectivity index (χ1v) is 7.72. The van der Waals surface area contributed by atoms with Gasteiger partial charge in [-0.25, -0.2) is 4.98 Å². The highest BCUT2D eigenvalue weighted by atomic mass is 32.1. The van der Waals surface area contributed by atoms with Crippen LogP contribution in [0, 0.1) is 13.8 Å². The number of hydrogen-bond acceptors (Lipinski definition) is 5. The van der Waals surface area contributed by atoms with E-state index in [1.54, 1.807) is 10.3 Å². The molecule has 0 spiro atoms. The summed E-state index contributed by atoms with van der Waals surface area (Å²) in [6, 6.07) is 5.89. The number of rotatable bonds is 4. The van der Waals surface area contributed by atoms with Crippen molar-refractivity contribution in [3.63, 3.8) is 0 Å². The summed E-state index contributed by atoms with van der Waals surface area (Å²) in [4.78, 5) is 18.2. The van der Waals surface area contributed by atoms with Crippen LogP contribution in [0.5, 0.6) is 0 Å². The number of carbonyl (C=O) groups excluding carboxylic acids is 1. The van der Waals surface area contributed by atoms with Gasteiger partial charge in [0, 0.05) is 12.3 Å². The number of carbonyl (C=O) groups is 1. The Kier molecular flexibility index (Phi) is 5.07. The van der Waals surface area contributed by atoms with Crippen molar-refractivity contribution in [3.05, 3.63) is 40.4 Å². The molecular formula is C15H18N6OS. The number of nitrogens with zero attached hydrogens (tertiary/aromatic N) is 4. The number of amides is 1. The van der Waals surface area contributed by atoms with Crippen molar-refractivity contribution < 1.29 is 4.79 Å². The van der Waals surface area contributed by atoms with Crippen LogP contribution < -0.4 is 16.4 Å². The molecule has 0 aliphatic heterocycles. The van der Waals surface area contributed by atoms with E-state index in [2.05, 4.69) is 15.2 Å². The molecule has 0 aliphatic carbocycles. The lowest BCUT2D eigenvalue weighted by Crippen LogP contribution is -2.24. The van der Waals surface area contributed by atoms with Gasteiger partial charge in [0.1, 0.15) is 0 Å². The smallest absolute Gasteiger partial charge is 0.230 e. The normalized spacial score (nSPS) is 10.7. The maximum absolute atomic E-state index is 12.2. The number of aryl methyl sites for hydroxylation is 2. The van der Waals surface area contributed by atoms with E-state index >= 15 is 0 Å². The summed E-state index contributed by atoms with van der Waals surface area (Å²) in [5.41, 5.74) is 13.8. The molecule has 0 bridgehead atoms. The maximum Gasteiger partial charge on any atom is 0.230 e. The molecule has 0 unspecified atom stereocenters. The van der Waals surface area contributed by atoms with E-state index in [4.69, 9.17) is 11.5 Å². The minimum Gasteiger partial charge on any atom is -0.369 e. The van der Waals surface area contributed by atoms with Gasteiger partial charge in [-0.2, -0.15) is 5.10 Å². The third kappa shape index (κ3) is 3.92. The minimum absolute atomic E-state index is 0.107. The second-order valence-electron chi connectivity index (χ2n) is 4.92. The van der Waals surface area contributed by atoms with Gasteiger partial charge in [0.05, 0.1) is 17.6 Å². The van der Waals surface area contributed by atoms with Gasteiger partial charge in [0.2, 0.25) is 11.9 Å². The molecule has 0 aliphatic rings. The van der Waals surface area contributed by atoms with Crippen molar-refractivity contribution in [3.8, 4) is 0 Å². The third-order valence-electron chi connectivity index (χ3n) is 3.04. The van der Waals surface area contributed by atoms with Gasteiger partial charge in [-0.15, -0.1) is 16.4 Å². The van der Waals surface area contributed by atoms with Crippen molar-refractivity contribution in [1.29, 1.82) is 0 Å². The first-order valence-electron chi connectivity index (χ1n) is 6.84. The van der Waals surface area contributed by atoms with E-state index < -0.39 is 0 Å². The minimum atomic E-state index is -0.127. The molecular weight excluding hydrogens is 312 g/mol. The molecule has 120 valence electrons. The van der Waals surface area contributed by atoms with Crippen molar-refractivity contribution in [2.45, 2.75) is 20.8 Å². The summed E-state index contributed by atoms with van der Waals surface area (Å²) in [6.07, 6.45) is 1.43. The van der Waals surface area contributed by atoms with E-state index in [9.17, 15) is 4.79 Å². The highest BCUT2D eigenvalue weighted by molar-refractivity contribution is 7.14. The van der Waals surface area contributed by atoms with Crippen LogP contribution in [0.2, 0.25) is 0 Å². The van der Waals surface area contributed by atoms with Crippen molar-refractivity contribution in [2.75, 3.05) is 4.90 Å². The predicted octanol–water partition coefficient (Wildman–Crippen LogP) is 2.05. The van der Waals surface area contributed by atoms with Gasteiger partial charge in [-0.1, -0.05) is 18.2 Å². The Morgan fingerprint density at radius 2 is 1.96 bits per heavy atom. The molecule has 0 saturated heterocycles. The van der Waals surface area contributed by atoms with Gasteiger partial charge in [-0.3, -0.25) is 9.69 Å². The zero-order valence-corrected chi connectivity index (χ0v) is 14.0. The summed E-state index contributed by atoms with van der Waals surface area (Å²) in [6.45, 7) is 5.44. The largest absolute Gasteiger partial charge is 0.369 e. The number of thiazole rings is 1. The lowest BCUT2D eigenvalue weighted by Gasteiger charge is -2.22. The fourth-order valence-electron chi connectivity index (χ4n) is 2.14. The maximum atomic E-state index is 12.2. The third-order valence-corrected chi connectivity index (χ3v) is 3.89. The lowest BCUT2D eigenvalue weighted by atomic mass is 10.1. The number of benzene rings is 1. The predicted molar refractivity (Wildman–Crippen MR) is 94.3 cm³/mol. The standard InChI is InChI=1S/C15H18N6OS/c1-9-5-4-6-10(2)13(9)21(11(3)22)15-19-12(8-23-15)7-18-20-14(16)17/h4-8H,1-3H3,(H4,16,17,20)/b18-7-. The van der Waals surface area contributed by atoms with Crippen LogP contribution in [0.4, 0.5) is 10.8 Å². The van der Waals surface area contributed by atoms with E-state index in [0.29, 0.717) is 10.8 Å². The van der Waals surface area contributed by atoms with Crippen molar-refractivity contribution >= 4 is 40.2 Å². The molecule has 2 rings (SSSR count). The van der Waals surface area contributed by atoms with Gasteiger partial charge < -0.3 is 11.5 Å². The zero-order valence-electron chi connectivity index (χ0n) is 13.1. The Labute approximate surface area is 138 Å². The first kappa shape index (κ1) is 16.6. The number of guanidine groups is 1. The Morgan fingerprint density at radius 1 is 1.30 bits per heavy atom. The van der Waals surface area contributed by atoms with Crippen LogP contribution in [0.25, 0.3) is 0 Å². The zero-order chi connectivity index (χ0) is 17.0. The van der Waals surface area contributed by atoms with E-state index in [1.807, 2.05) is 32.0 Å². The molecule has 1 amide bonds. The van der Waals surface area contributed by atoms with Crippen LogP contribution >= 0.6 is 11.3 Å². The lowest BCUT2D eigenvalue weighted by molar-refractivity contribution is -0.115. The molecule has 1 heterocycles. The number of hydrogen-bond donors (Lipinski definition) is 2. The molecule has 0 fully saturated rings. The quantitative estimate of drug-likeness (QED) is 0.508. The summed E-state index contributed by atoms with van der Waals surface area (Å²) in [5.74, 6) is -0.234. The molecule has 1 aromatic carbocycles. The molecule has 23 heavy (non-hydrogen) atoms. The second-order valence-corrected chi connectivity index (χ2v) is 5.76. The van der Waals surface area contributed by atoms with E-state index in [1.165, 1.54) is 24.5 Å². The molecule has 4 N–H and O–H groups in total. The Hall–Kier alpha value is -2.74. The molecule has 0 saturated carbocycles. The van der Waals surface area contributed by atoms with Crippen LogP contribution in [-0.2, 0) is 4.79 Å². The van der Waals surface area contributed by atoms with Crippen LogP contribution in [-0.4, -0.2) is 23.1 Å². The van der Waals surface area contributed by atoms with Crippen LogP contribution in [0.15, 0.2) is 33.8 Å². The van der Waals surface area contributed by atoms with Crippen molar-refractivity contribution in [1.82, 2.24) is 4.98 Å². The number of para-hydroxylation sites is 1. The topological polar surface area (TPSA) is 110 Å².